The molecular formula is C21H21N3O4. The molecule has 3 rings (SSSR count). The van der Waals surface area contributed by atoms with Crippen molar-refractivity contribution in [3.63, 3.8) is 0 Å². The fraction of sp³-hybridized carbons (Fsp3) is 0.333. The number of nitrogens with zero attached hydrogens (tertiary/aromatic N) is 2. The minimum absolute atomic E-state index is 0.0299. The zero-order valence-corrected chi connectivity index (χ0v) is 15.6. The number of non-ortho nitro benzene ring substituents is 1. The van der Waals surface area contributed by atoms with Crippen LogP contribution in [0.1, 0.15) is 38.4 Å². The summed E-state index contributed by atoms with van der Waals surface area (Å²) in [5.41, 5.74) is 0.482. The van der Waals surface area contributed by atoms with Gasteiger partial charge in [-0.25, -0.2) is 0 Å². The maximum atomic E-state index is 12.5. The second kappa shape index (κ2) is 8.53. The largest absolute Gasteiger partial charge is 0.457 e. The zero-order valence-electron chi connectivity index (χ0n) is 15.6. The van der Waals surface area contributed by atoms with Gasteiger partial charge in [-0.15, -0.1) is 0 Å². The van der Waals surface area contributed by atoms with Crippen LogP contribution in [-0.2, 0) is 4.79 Å². The summed E-state index contributed by atoms with van der Waals surface area (Å²) in [6.45, 7) is 2.11. The molecule has 2 atom stereocenters. The lowest BCUT2D eigenvalue weighted by Crippen LogP contribution is -2.41. The van der Waals surface area contributed by atoms with Crippen LogP contribution >= 0.6 is 0 Å². The van der Waals surface area contributed by atoms with Crippen LogP contribution in [0.3, 0.4) is 0 Å². The lowest BCUT2D eigenvalue weighted by molar-refractivity contribution is -0.384. The summed E-state index contributed by atoms with van der Waals surface area (Å²) in [5, 5.41) is 23.3. The number of carbonyl (C=O) groups is 1. The normalized spacial score (nSPS) is 19.6. The number of hydrogen-bond donors (Lipinski definition) is 1. The number of rotatable bonds is 5. The standard InChI is InChI=1S/C21H21N3O4/c1-14-5-2-3-8-19(14)23-21(25)16(13-22)12-18-9-10-20(28-18)15-6-4-7-17(11-15)24(26)27/h4,6-7,9-12,14,19H,2-3,5,8H2,1H3,(H,23,25)/b16-12+/t14-,19+/m0/s1. The molecule has 1 saturated carbocycles. The number of carbonyl (C=O) groups excluding carboxylic acids is 1. The summed E-state index contributed by atoms with van der Waals surface area (Å²) in [4.78, 5) is 22.9. The molecular weight excluding hydrogens is 358 g/mol. The van der Waals surface area contributed by atoms with E-state index in [1.165, 1.54) is 24.6 Å². The average Bonchev–Trinajstić information content (AvgIpc) is 3.16. The Morgan fingerprint density at radius 1 is 1.32 bits per heavy atom. The molecule has 1 fully saturated rings. The van der Waals surface area contributed by atoms with Gasteiger partial charge >= 0.3 is 0 Å². The lowest BCUT2D eigenvalue weighted by Gasteiger charge is -2.29. The molecule has 28 heavy (non-hydrogen) atoms. The molecule has 1 aliphatic rings. The van der Waals surface area contributed by atoms with Crippen LogP contribution in [0.25, 0.3) is 17.4 Å². The monoisotopic (exact) mass is 379 g/mol. The van der Waals surface area contributed by atoms with E-state index in [0.29, 0.717) is 23.0 Å². The molecule has 1 aromatic carbocycles. The fourth-order valence-electron chi connectivity index (χ4n) is 3.43. The Labute approximate surface area is 162 Å². The van der Waals surface area contributed by atoms with Crippen molar-refractivity contribution < 1.29 is 14.1 Å². The zero-order chi connectivity index (χ0) is 20.1. The third-order valence-corrected chi connectivity index (χ3v) is 5.05. The minimum Gasteiger partial charge on any atom is -0.457 e. The highest BCUT2D eigenvalue weighted by molar-refractivity contribution is 6.01. The summed E-state index contributed by atoms with van der Waals surface area (Å²) in [6, 6.07) is 11.4. The lowest BCUT2D eigenvalue weighted by atomic mass is 9.86. The van der Waals surface area contributed by atoms with E-state index in [4.69, 9.17) is 4.42 Å². The van der Waals surface area contributed by atoms with Crippen molar-refractivity contribution in [1.82, 2.24) is 5.32 Å². The van der Waals surface area contributed by atoms with Crippen molar-refractivity contribution in [3.05, 3.63) is 57.8 Å². The Morgan fingerprint density at radius 2 is 2.11 bits per heavy atom. The summed E-state index contributed by atoms with van der Waals surface area (Å²) in [6.07, 6.45) is 5.63. The van der Waals surface area contributed by atoms with Crippen LogP contribution in [0.2, 0.25) is 0 Å². The highest BCUT2D eigenvalue weighted by Crippen LogP contribution is 2.27. The van der Waals surface area contributed by atoms with Crippen molar-refractivity contribution in [2.45, 2.75) is 38.6 Å². The van der Waals surface area contributed by atoms with E-state index in [1.807, 2.05) is 6.07 Å². The molecule has 2 aromatic rings. The summed E-state index contributed by atoms with van der Waals surface area (Å²) in [5.74, 6) is 0.745. The van der Waals surface area contributed by atoms with E-state index in [0.717, 1.165) is 19.3 Å². The highest BCUT2D eigenvalue weighted by atomic mass is 16.6. The van der Waals surface area contributed by atoms with Crippen LogP contribution in [0.4, 0.5) is 5.69 Å². The summed E-state index contributed by atoms with van der Waals surface area (Å²) < 4.78 is 5.67. The number of nitro groups is 1. The quantitative estimate of drug-likeness (QED) is 0.357. The average molecular weight is 379 g/mol. The van der Waals surface area contributed by atoms with Crippen molar-refractivity contribution in [2.75, 3.05) is 0 Å². The van der Waals surface area contributed by atoms with Gasteiger partial charge in [0.15, 0.2) is 0 Å². The first-order chi connectivity index (χ1) is 13.5. The first-order valence-corrected chi connectivity index (χ1v) is 9.25. The molecule has 0 radical (unpaired) electrons. The third kappa shape index (κ3) is 4.46. The first-order valence-electron chi connectivity index (χ1n) is 9.25. The Hall–Kier alpha value is -3.40. The number of benzene rings is 1. The van der Waals surface area contributed by atoms with Gasteiger partial charge in [0.05, 0.1) is 4.92 Å². The number of nitriles is 1. The Kier molecular flexibility index (Phi) is 5.90. The topological polar surface area (TPSA) is 109 Å². The second-order valence-corrected chi connectivity index (χ2v) is 7.02. The Balaban J connectivity index is 1.76. The molecule has 1 aromatic heterocycles. The maximum absolute atomic E-state index is 12.5. The molecule has 144 valence electrons. The van der Waals surface area contributed by atoms with E-state index in [1.54, 1.807) is 24.3 Å². The van der Waals surface area contributed by atoms with Crippen LogP contribution in [0, 0.1) is 27.4 Å². The van der Waals surface area contributed by atoms with Crippen LogP contribution < -0.4 is 5.32 Å². The van der Waals surface area contributed by atoms with Gasteiger partial charge in [-0.3, -0.25) is 14.9 Å². The van der Waals surface area contributed by atoms with E-state index >= 15 is 0 Å². The molecule has 1 amide bonds. The van der Waals surface area contributed by atoms with E-state index in [9.17, 15) is 20.2 Å². The minimum atomic E-state index is -0.475. The SMILES string of the molecule is C[C@H]1CCCC[C@H]1NC(=O)/C(C#N)=C/c1ccc(-c2cccc([N+](=O)[O-])c2)o1. The highest BCUT2D eigenvalue weighted by Gasteiger charge is 2.24. The number of nitrogens with one attached hydrogen (secondary N) is 1. The number of furan rings is 1. The molecule has 0 bridgehead atoms. The third-order valence-electron chi connectivity index (χ3n) is 5.05. The van der Waals surface area contributed by atoms with Gasteiger partial charge in [-0.2, -0.15) is 5.26 Å². The predicted octanol–water partition coefficient (Wildman–Crippen LogP) is 4.46. The smallest absolute Gasteiger partial charge is 0.270 e. The Morgan fingerprint density at radius 3 is 2.82 bits per heavy atom. The summed E-state index contributed by atoms with van der Waals surface area (Å²) in [7, 11) is 0. The van der Waals surface area contributed by atoms with Gasteiger partial charge in [-0.1, -0.05) is 31.9 Å². The molecule has 1 heterocycles. The molecule has 1 N–H and O–H groups in total. The number of amides is 1. The molecule has 0 unspecified atom stereocenters. The Bertz CT molecular complexity index is 955. The second-order valence-electron chi connectivity index (χ2n) is 7.02. The van der Waals surface area contributed by atoms with Gasteiger partial charge in [0.25, 0.3) is 11.6 Å². The van der Waals surface area contributed by atoms with Crippen molar-refractivity contribution >= 4 is 17.7 Å². The number of hydrogen-bond acceptors (Lipinski definition) is 5. The van der Waals surface area contributed by atoms with Crippen molar-refractivity contribution in [1.29, 1.82) is 5.26 Å². The van der Waals surface area contributed by atoms with Crippen LogP contribution in [0.5, 0.6) is 0 Å². The molecule has 0 aliphatic heterocycles. The first kappa shape index (κ1) is 19.4. The van der Waals surface area contributed by atoms with Crippen LogP contribution in [0.15, 0.2) is 46.4 Å². The van der Waals surface area contributed by atoms with Gasteiger partial charge in [0.2, 0.25) is 0 Å². The molecule has 1 aliphatic carbocycles. The summed E-state index contributed by atoms with van der Waals surface area (Å²) >= 11 is 0. The predicted molar refractivity (Wildman–Crippen MR) is 104 cm³/mol. The van der Waals surface area contributed by atoms with Crippen LogP contribution in [-0.4, -0.2) is 16.9 Å². The van der Waals surface area contributed by atoms with Gasteiger partial charge in [0.1, 0.15) is 23.2 Å². The molecule has 0 saturated heterocycles. The number of nitro benzene ring substituents is 1. The van der Waals surface area contributed by atoms with E-state index in [2.05, 4.69) is 12.2 Å². The molecule has 7 nitrogen and oxygen atoms in total. The van der Waals surface area contributed by atoms with E-state index in [-0.39, 0.29) is 17.3 Å². The van der Waals surface area contributed by atoms with Crippen molar-refractivity contribution in [3.8, 4) is 17.4 Å². The van der Waals surface area contributed by atoms with Gasteiger partial charge in [-0.05, 0) is 30.9 Å². The fourth-order valence-corrected chi connectivity index (χ4v) is 3.43. The molecule has 0 spiro atoms. The molecule has 7 heteroatoms. The van der Waals surface area contributed by atoms with E-state index < -0.39 is 10.8 Å². The van der Waals surface area contributed by atoms with Crippen molar-refractivity contribution in [2.24, 2.45) is 5.92 Å². The van der Waals surface area contributed by atoms with Gasteiger partial charge < -0.3 is 9.73 Å². The van der Waals surface area contributed by atoms with Gasteiger partial charge in [0, 0.05) is 29.8 Å². The maximum Gasteiger partial charge on any atom is 0.270 e.